The lowest BCUT2D eigenvalue weighted by Crippen LogP contribution is -2.49. The summed E-state index contributed by atoms with van der Waals surface area (Å²) in [6.07, 6.45) is 0.607. The highest BCUT2D eigenvalue weighted by Gasteiger charge is 2.23. The summed E-state index contributed by atoms with van der Waals surface area (Å²) in [7, 11) is 0. The standard InChI is InChI=1S/C10H21N3O2/c1-6(2)8(9(12)14)13-10(15)7(3)4-5-11/h6-8H,4-5,11H2,1-3H3,(H2,12,14)(H,13,15). The fourth-order valence-electron chi connectivity index (χ4n) is 1.24. The van der Waals surface area contributed by atoms with Crippen molar-refractivity contribution in [1.29, 1.82) is 0 Å². The number of carbonyl (C=O) groups is 2. The molecule has 0 rings (SSSR count). The van der Waals surface area contributed by atoms with Crippen molar-refractivity contribution >= 4 is 11.8 Å². The van der Waals surface area contributed by atoms with Crippen molar-refractivity contribution < 1.29 is 9.59 Å². The smallest absolute Gasteiger partial charge is 0.240 e. The number of rotatable bonds is 6. The molecular weight excluding hydrogens is 194 g/mol. The number of carbonyl (C=O) groups excluding carboxylic acids is 2. The van der Waals surface area contributed by atoms with Crippen LogP contribution >= 0.6 is 0 Å². The summed E-state index contributed by atoms with van der Waals surface area (Å²) in [6, 6.07) is -0.599. The Labute approximate surface area is 90.6 Å². The van der Waals surface area contributed by atoms with Crippen LogP contribution in [0.3, 0.4) is 0 Å². The molecule has 2 amide bonds. The van der Waals surface area contributed by atoms with Crippen LogP contribution < -0.4 is 16.8 Å². The minimum atomic E-state index is -0.599. The Morgan fingerprint density at radius 1 is 1.27 bits per heavy atom. The Hall–Kier alpha value is -1.10. The molecule has 0 aromatic heterocycles. The molecule has 0 aromatic rings. The summed E-state index contributed by atoms with van der Waals surface area (Å²) in [5, 5.41) is 2.63. The molecule has 0 fully saturated rings. The zero-order chi connectivity index (χ0) is 12.0. The maximum Gasteiger partial charge on any atom is 0.240 e. The van der Waals surface area contributed by atoms with Crippen molar-refractivity contribution in [3.05, 3.63) is 0 Å². The van der Waals surface area contributed by atoms with Gasteiger partial charge in [-0.2, -0.15) is 0 Å². The first-order valence-electron chi connectivity index (χ1n) is 5.19. The highest BCUT2D eigenvalue weighted by atomic mass is 16.2. The Balaban J connectivity index is 4.29. The molecule has 88 valence electrons. The van der Waals surface area contributed by atoms with Crippen LogP contribution in [0.1, 0.15) is 27.2 Å². The van der Waals surface area contributed by atoms with E-state index in [9.17, 15) is 9.59 Å². The van der Waals surface area contributed by atoms with Crippen LogP contribution in [0, 0.1) is 11.8 Å². The Morgan fingerprint density at radius 2 is 1.80 bits per heavy atom. The van der Waals surface area contributed by atoms with Gasteiger partial charge in [0.15, 0.2) is 0 Å². The van der Waals surface area contributed by atoms with E-state index in [-0.39, 0.29) is 17.7 Å². The lowest BCUT2D eigenvalue weighted by atomic mass is 10.0. The van der Waals surface area contributed by atoms with Gasteiger partial charge in [0.1, 0.15) is 6.04 Å². The summed E-state index contributed by atoms with van der Waals surface area (Å²) in [5.41, 5.74) is 10.5. The van der Waals surface area contributed by atoms with Crippen molar-refractivity contribution in [3.8, 4) is 0 Å². The van der Waals surface area contributed by atoms with Gasteiger partial charge in [0, 0.05) is 5.92 Å². The fourth-order valence-corrected chi connectivity index (χ4v) is 1.24. The third kappa shape index (κ3) is 4.78. The van der Waals surface area contributed by atoms with E-state index >= 15 is 0 Å². The highest BCUT2D eigenvalue weighted by Crippen LogP contribution is 2.05. The monoisotopic (exact) mass is 215 g/mol. The predicted molar refractivity (Wildman–Crippen MR) is 58.8 cm³/mol. The lowest BCUT2D eigenvalue weighted by molar-refractivity contribution is -0.130. The number of amides is 2. The molecule has 0 saturated heterocycles. The summed E-state index contributed by atoms with van der Waals surface area (Å²) < 4.78 is 0. The average Bonchev–Trinajstić information content (AvgIpc) is 2.12. The third-order valence-electron chi connectivity index (χ3n) is 2.32. The third-order valence-corrected chi connectivity index (χ3v) is 2.32. The molecule has 0 saturated carbocycles. The van der Waals surface area contributed by atoms with E-state index in [2.05, 4.69) is 5.32 Å². The van der Waals surface area contributed by atoms with E-state index in [1.165, 1.54) is 0 Å². The van der Waals surface area contributed by atoms with Crippen LogP contribution in [0.5, 0.6) is 0 Å². The maximum absolute atomic E-state index is 11.6. The molecule has 15 heavy (non-hydrogen) atoms. The van der Waals surface area contributed by atoms with Gasteiger partial charge in [0.25, 0.3) is 0 Å². The number of hydrogen-bond donors (Lipinski definition) is 3. The van der Waals surface area contributed by atoms with E-state index in [4.69, 9.17) is 11.5 Å². The minimum absolute atomic E-state index is 0.00322. The largest absolute Gasteiger partial charge is 0.368 e. The molecule has 5 nitrogen and oxygen atoms in total. The Bertz CT molecular complexity index is 229. The zero-order valence-corrected chi connectivity index (χ0v) is 9.62. The van der Waals surface area contributed by atoms with E-state index < -0.39 is 11.9 Å². The molecule has 0 aliphatic carbocycles. The van der Waals surface area contributed by atoms with Crippen LogP contribution in [0.15, 0.2) is 0 Å². The number of nitrogens with one attached hydrogen (secondary N) is 1. The molecule has 0 aliphatic heterocycles. The van der Waals surface area contributed by atoms with Crippen LogP contribution in [0.4, 0.5) is 0 Å². The summed E-state index contributed by atoms with van der Waals surface area (Å²) >= 11 is 0. The molecular formula is C10H21N3O2. The average molecular weight is 215 g/mol. The first kappa shape index (κ1) is 13.9. The van der Waals surface area contributed by atoms with Gasteiger partial charge >= 0.3 is 0 Å². The quantitative estimate of drug-likeness (QED) is 0.562. The van der Waals surface area contributed by atoms with Crippen molar-refractivity contribution in [2.45, 2.75) is 33.2 Å². The molecule has 0 radical (unpaired) electrons. The number of primary amides is 1. The molecule has 0 spiro atoms. The second-order valence-electron chi connectivity index (χ2n) is 4.11. The van der Waals surface area contributed by atoms with Crippen LogP contribution in [0.25, 0.3) is 0 Å². The zero-order valence-electron chi connectivity index (χ0n) is 9.62. The first-order chi connectivity index (χ1) is 6.90. The predicted octanol–water partition coefficient (Wildman–Crippen LogP) is -0.403. The topological polar surface area (TPSA) is 98.2 Å². The summed E-state index contributed by atoms with van der Waals surface area (Å²) in [4.78, 5) is 22.6. The van der Waals surface area contributed by atoms with Crippen molar-refractivity contribution in [2.75, 3.05) is 6.54 Å². The molecule has 2 atom stereocenters. The van der Waals surface area contributed by atoms with E-state index in [1.54, 1.807) is 6.92 Å². The molecule has 2 unspecified atom stereocenters. The van der Waals surface area contributed by atoms with Crippen molar-refractivity contribution in [3.63, 3.8) is 0 Å². The molecule has 0 heterocycles. The SMILES string of the molecule is CC(CCN)C(=O)NC(C(N)=O)C(C)C. The fraction of sp³-hybridized carbons (Fsp3) is 0.800. The van der Waals surface area contributed by atoms with Crippen LogP contribution in [-0.2, 0) is 9.59 Å². The van der Waals surface area contributed by atoms with Gasteiger partial charge in [-0.25, -0.2) is 0 Å². The van der Waals surface area contributed by atoms with Gasteiger partial charge in [-0.3, -0.25) is 9.59 Å². The highest BCUT2D eigenvalue weighted by molar-refractivity contribution is 5.87. The van der Waals surface area contributed by atoms with Gasteiger partial charge in [0.2, 0.25) is 11.8 Å². The van der Waals surface area contributed by atoms with Gasteiger partial charge in [-0.05, 0) is 18.9 Å². The molecule has 0 aliphatic rings. The summed E-state index contributed by atoms with van der Waals surface area (Å²) in [6.45, 7) is 5.91. The van der Waals surface area contributed by atoms with Gasteiger partial charge in [0.05, 0.1) is 0 Å². The van der Waals surface area contributed by atoms with Gasteiger partial charge < -0.3 is 16.8 Å². The molecule has 0 aromatic carbocycles. The summed E-state index contributed by atoms with van der Waals surface area (Å²) in [5.74, 6) is -0.858. The molecule has 5 N–H and O–H groups in total. The normalized spacial score (nSPS) is 14.7. The lowest BCUT2D eigenvalue weighted by Gasteiger charge is -2.21. The Morgan fingerprint density at radius 3 is 2.13 bits per heavy atom. The van der Waals surface area contributed by atoms with Crippen LogP contribution in [-0.4, -0.2) is 24.4 Å². The minimum Gasteiger partial charge on any atom is -0.368 e. The van der Waals surface area contributed by atoms with Crippen molar-refractivity contribution in [1.82, 2.24) is 5.32 Å². The molecule has 5 heteroatoms. The van der Waals surface area contributed by atoms with E-state index in [0.29, 0.717) is 13.0 Å². The second kappa shape index (κ2) is 6.40. The number of hydrogen-bond acceptors (Lipinski definition) is 3. The molecule has 0 bridgehead atoms. The van der Waals surface area contributed by atoms with Gasteiger partial charge in [-0.1, -0.05) is 20.8 Å². The van der Waals surface area contributed by atoms with Gasteiger partial charge in [-0.15, -0.1) is 0 Å². The van der Waals surface area contributed by atoms with E-state index in [0.717, 1.165) is 0 Å². The van der Waals surface area contributed by atoms with Crippen molar-refractivity contribution in [2.24, 2.45) is 23.3 Å². The maximum atomic E-state index is 11.6. The Kier molecular flexibility index (Phi) is 5.93. The second-order valence-corrected chi connectivity index (χ2v) is 4.11. The van der Waals surface area contributed by atoms with E-state index in [1.807, 2.05) is 13.8 Å². The van der Waals surface area contributed by atoms with Crippen LogP contribution in [0.2, 0.25) is 0 Å². The number of nitrogens with two attached hydrogens (primary N) is 2. The first-order valence-corrected chi connectivity index (χ1v) is 5.19.